The average molecular weight is 281 g/mol. The van der Waals surface area contributed by atoms with Crippen molar-refractivity contribution in [2.45, 2.75) is 4.90 Å². The summed E-state index contributed by atoms with van der Waals surface area (Å²) < 4.78 is 23.8. The van der Waals surface area contributed by atoms with E-state index in [2.05, 4.69) is 5.10 Å². The molecular formula is C10H11N5O3S. The predicted octanol–water partition coefficient (Wildman–Crippen LogP) is -0.799. The molecule has 1 heterocycles. The minimum absolute atomic E-state index is 0.0420. The first-order chi connectivity index (χ1) is 8.79. The molecule has 0 spiro atoms. The van der Waals surface area contributed by atoms with Crippen LogP contribution < -0.4 is 16.6 Å². The average Bonchev–Trinajstić information content (AvgIpc) is 2.77. The van der Waals surface area contributed by atoms with Crippen molar-refractivity contribution in [2.75, 3.05) is 5.73 Å². The first-order valence-electron chi connectivity index (χ1n) is 5.07. The maximum Gasteiger partial charge on any atom is 0.269 e. The number of anilines is 1. The standard InChI is InChI=1S/C10H11N5O3S/c11-7-2-1-6(19(13,17)18)5-9(7)15-4-3-8(14-15)10(12)16/h1-5H,11H2,(H2,12,16)(H2,13,17,18). The van der Waals surface area contributed by atoms with E-state index >= 15 is 0 Å². The monoisotopic (exact) mass is 281 g/mol. The van der Waals surface area contributed by atoms with Crippen LogP contribution in [0.3, 0.4) is 0 Å². The number of amides is 1. The van der Waals surface area contributed by atoms with Crippen LogP contribution in [0, 0.1) is 0 Å². The molecule has 0 radical (unpaired) electrons. The van der Waals surface area contributed by atoms with E-state index in [1.807, 2.05) is 0 Å². The summed E-state index contributed by atoms with van der Waals surface area (Å²) in [5, 5.41) is 8.93. The van der Waals surface area contributed by atoms with Crippen LogP contribution in [0.15, 0.2) is 35.4 Å². The van der Waals surface area contributed by atoms with Crippen LogP contribution >= 0.6 is 0 Å². The van der Waals surface area contributed by atoms with E-state index in [1.54, 1.807) is 0 Å². The third kappa shape index (κ3) is 2.56. The summed E-state index contributed by atoms with van der Waals surface area (Å²) in [7, 11) is -3.85. The number of nitrogen functional groups attached to an aromatic ring is 1. The molecule has 19 heavy (non-hydrogen) atoms. The Bertz CT molecular complexity index is 750. The number of rotatable bonds is 3. The Balaban J connectivity index is 2.57. The minimum atomic E-state index is -3.85. The molecule has 0 atom stereocenters. The molecule has 0 saturated heterocycles. The molecule has 100 valence electrons. The number of primary amides is 1. The van der Waals surface area contributed by atoms with Gasteiger partial charge in [0, 0.05) is 6.20 Å². The van der Waals surface area contributed by atoms with E-state index in [1.165, 1.54) is 35.1 Å². The minimum Gasteiger partial charge on any atom is -0.397 e. The molecule has 0 bridgehead atoms. The van der Waals surface area contributed by atoms with Gasteiger partial charge in [0.25, 0.3) is 5.91 Å². The highest BCUT2D eigenvalue weighted by atomic mass is 32.2. The highest BCUT2D eigenvalue weighted by molar-refractivity contribution is 7.89. The fourth-order valence-corrected chi connectivity index (χ4v) is 2.02. The van der Waals surface area contributed by atoms with Gasteiger partial charge in [-0.15, -0.1) is 0 Å². The number of benzene rings is 1. The molecule has 8 nitrogen and oxygen atoms in total. The number of nitrogens with two attached hydrogens (primary N) is 3. The van der Waals surface area contributed by atoms with Gasteiger partial charge >= 0.3 is 0 Å². The fourth-order valence-electron chi connectivity index (χ4n) is 1.49. The van der Waals surface area contributed by atoms with Gasteiger partial charge in [-0.3, -0.25) is 4.79 Å². The number of nitrogens with zero attached hydrogens (tertiary/aromatic N) is 2. The zero-order valence-corrected chi connectivity index (χ0v) is 10.5. The van der Waals surface area contributed by atoms with E-state index in [-0.39, 0.29) is 16.3 Å². The van der Waals surface area contributed by atoms with Crippen molar-refractivity contribution in [2.24, 2.45) is 10.9 Å². The van der Waals surface area contributed by atoms with Gasteiger partial charge in [0.1, 0.15) is 5.69 Å². The normalized spacial score (nSPS) is 11.4. The molecule has 0 saturated carbocycles. The summed E-state index contributed by atoms with van der Waals surface area (Å²) in [5.41, 5.74) is 11.4. The molecule has 1 amide bonds. The zero-order valence-electron chi connectivity index (χ0n) is 9.65. The Hall–Kier alpha value is -2.39. The number of hydrogen-bond donors (Lipinski definition) is 3. The Morgan fingerprint density at radius 1 is 1.26 bits per heavy atom. The first-order valence-corrected chi connectivity index (χ1v) is 6.62. The third-order valence-corrected chi connectivity index (χ3v) is 3.33. The molecule has 0 aliphatic heterocycles. The maximum absolute atomic E-state index is 11.3. The van der Waals surface area contributed by atoms with Crippen LogP contribution in [0.25, 0.3) is 5.69 Å². The van der Waals surface area contributed by atoms with Gasteiger partial charge in [-0.1, -0.05) is 0 Å². The van der Waals surface area contributed by atoms with Crippen LogP contribution in [0.1, 0.15) is 10.5 Å². The molecule has 9 heteroatoms. The van der Waals surface area contributed by atoms with Crippen molar-refractivity contribution >= 4 is 21.6 Å². The smallest absolute Gasteiger partial charge is 0.269 e. The topological polar surface area (TPSA) is 147 Å². The summed E-state index contributed by atoms with van der Waals surface area (Å²) in [4.78, 5) is 10.9. The SMILES string of the molecule is NC(=O)c1ccn(-c2cc(S(N)(=O)=O)ccc2N)n1. The van der Waals surface area contributed by atoms with Crippen LogP contribution in [0.5, 0.6) is 0 Å². The van der Waals surface area contributed by atoms with Crippen molar-refractivity contribution in [3.05, 3.63) is 36.2 Å². The maximum atomic E-state index is 11.3. The fraction of sp³-hybridized carbons (Fsp3) is 0. The van der Waals surface area contributed by atoms with Gasteiger partial charge in [-0.2, -0.15) is 5.10 Å². The Morgan fingerprint density at radius 3 is 2.47 bits per heavy atom. The van der Waals surface area contributed by atoms with E-state index in [9.17, 15) is 13.2 Å². The van der Waals surface area contributed by atoms with Gasteiger partial charge in [0.2, 0.25) is 10.0 Å². The summed E-state index contributed by atoms with van der Waals surface area (Å²) in [6.07, 6.45) is 1.44. The third-order valence-electron chi connectivity index (χ3n) is 2.42. The summed E-state index contributed by atoms with van der Waals surface area (Å²) in [5.74, 6) is -0.695. The lowest BCUT2D eigenvalue weighted by atomic mass is 10.3. The van der Waals surface area contributed by atoms with Crippen molar-refractivity contribution in [1.82, 2.24) is 9.78 Å². The Morgan fingerprint density at radius 2 is 1.95 bits per heavy atom. The molecule has 1 aromatic heterocycles. The summed E-state index contributed by atoms with van der Waals surface area (Å²) in [6, 6.07) is 5.33. The molecule has 6 N–H and O–H groups in total. The largest absolute Gasteiger partial charge is 0.397 e. The molecule has 0 aliphatic carbocycles. The molecule has 2 aromatic rings. The highest BCUT2D eigenvalue weighted by Crippen LogP contribution is 2.20. The van der Waals surface area contributed by atoms with Crippen LogP contribution in [-0.4, -0.2) is 24.1 Å². The molecule has 1 aromatic carbocycles. The predicted molar refractivity (Wildman–Crippen MR) is 67.9 cm³/mol. The first kappa shape index (κ1) is 13.1. The summed E-state index contributed by atoms with van der Waals surface area (Å²) in [6.45, 7) is 0. The van der Waals surface area contributed by atoms with Crippen LogP contribution in [0.2, 0.25) is 0 Å². The number of carbonyl (C=O) groups is 1. The van der Waals surface area contributed by atoms with Crippen molar-refractivity contribution in [1.29, 1.82) is 0 Å². The Labute approximate surface area is 108 Å². The number of aromatic nitrogens is 2. The van der Waals surface area contributed by atoms with Crippen molar-refractivity contribution < 1.29 is 13.2 Å². The lowest BCUT2D eigenvalue weighted by Gasteiger charge is -2.07. The summed E-state index contributed by atoms with van der Waals surface area (Å²) >= 11 is 0. The molecule has 0 fully saturated rings. The van der Waals surface area contributed by atoms with Gasteiger partial charge in [0.15, 0.2) is 0 Å². The Kier molecular flexibility index (Phi) is 3.00. The van der Waals surface area contributed by atoms with Gasteiger partial charge in [0.05, 0.1) is 16.3 Å². The van der Waals surface area contributed by atoms with Crippen molar-refractivity contribution in [3.8, 4) is 5.69 Å². The number of carbonyl (C=O) groups excluding carboxylic acids is 1. The van der Waals surface area contributed by atoms with Crippen LogP contribution in [-0.2, 0) is 10.0 Å². The molecule has 0 unspecified atom stereocenters. The molecular weight excluding hydrogens is 270 g/mol. The zero-order chi connectivity index (χ0) is 14.2. The van der Waals surface area contributed by atoms with E-state index in [0.29, 0.717) is 5.69 Å². The molecule has 0 aliphatic rings. The van der Waals surface area contributed by atoms with Crippen molar-refractivity contribution in [3.63, 3.8) is 0 Å². The van der Waals surface area contributed by atoms with E-state index in [4.69, 9.17) is 16.6 Å². The number of sulfonamides is 1. The second-order valence-electron chi connectivity index (χ2n) is 3.78. The quantitative estimate of drug-likeness (QED) is 0.630. The highest BCUT2D eigenvalue weighted by Gasteiger charge is 2.13. The molecule has 2 rings (SSSR count). The number of hydrogen-bond acceptors (Lipinski definition) is 5. The van der Waals surface area contributed by atoms with E-state index in [0.717, 1.165) is 0 Å². The van der Waals surface area contributed by atoms with Crippen LogP contribution in [0.4, 0.5) is 5.69 Å². The number of primary sulfonamides is 1. The lowest BCUT2D eigenvalue weighted by Crippen LogP contribution is -2.14. The van der Waals surface area contributed by atoms with Gasteiger partial charge in [-0.05, 0) is 24.3 Å². The lowest BCUT2D eigenvalue weighted by molar-refractivity contribution is 0.0995. The van der Waals surface area contributed by atoms with E-state index < -0.39 is 15.9 Å². The van der Waals surface area contributed by atoms with Gasteiger partial charge < -0.3 is 11.5 Å². The second-order valence-corrected chi connectivity index (χ2v) is 5.34. The second kappa shape index (κ2) is 4.37. The van der Waals surface area contributed by atoms with Gasteiger partial charge in [-0.25, -0.2) is 18.2 Å².